The number of rotatable bonds is 16. The van der Waals surface area contributed by atoms with E-state index >= 15 is 0 Å². The van der Waals surface area contributed by atoms with Crippen LogP contribution in [0.2, 0.25) is 0 Å². The second kappa shape index (κ2) is 13.9. The Morgan fingerprint density at radius 2 is 2.04 bits per heavy atom. The van der Waals surface area contributed by atoms with E-state index < -0.39 is 64.4 Å². The zero-order chi connectivity index (χ0) is 33.8. The molecule has 0 saturated carbocycles. The Kier molecular flexibility index (Phi) is 10.4. The highest BCUT2D eigenvalue weighted by Gasteiger charge is 2.57. The summed E-state index contributed by atoms with van der Waals surface area (Å²) in [5.74, 6) is -3.81. The number of hydrogen-bond donors (Lipinski definition) is 3. The van der Waals surface area contributed by atoms with Gasteiger partial charge < -0.3 is 20.4 Å². The maximum Gasteiger partial charge on any atom is 0.418 e. The average molecular weight is 681 g/mol. The van der Waals surface area contributed by atoms with Gasteiger partial charge in [-0.3, -0.25) is 18.8 Å². The third-order valence-corrected chi connectivity index (χ3v) is 8.20. The van der Waals surface area contributed by atoms with Crippen molar-refractivity contribution < 1.29 is 50.9 Å². The number of nitrogens with zero attached hydrogens (tertiary/aromatic N) is 6. The molecule has 1 saturated heterocycles. The molecule has 1 amide bonds. The molecule has 0 aliphatic carbocycles. The molecule has 2 atom stereocenters. The largest absolute Gasteiger partial charge is 0.483 e. The van der Waals surface area contributed by atoms with E-state index in [1.165, 1.54) is 19.2 Å². The monoisotopic (exact) mass is 680 g/mol. The topological polar surface area (TPSA) is 230 Å². The number of Topliss-reactive ketones (excluding diaryl/α,β-unsaturated/α-hetero) is 1. The minimum atomic E-state index is -4.99. The number of pyridine rings is 1. The third-order valence-electron chi connectivity index (χ3n) is 7.19. The van der Waals surface area contributed by atoms with E-state index in [1.807, 2.05) is 10.9 Å². The van der Waals surface area contributed by atoms with Crippen LogP contribution in [0.25, 0.3) is 11.3 Å². The number of hydroxylamine groups is 2. The number of hydrogen-bond acceptors (Lipinski definition) is 13. The van der Waals surface area contributed by atoms with E-state index in [4.69, 9.17) is 19.9 Å². The van der Waals surface area contributed by atoms with Crippen LogP contribution in [0.15, 0.2) is 41.3 Å². The molecule has 248 valence electrons. The summed E-state index contributed by atoms with van der Waals surface area (Å²) in [5, 5.41) is 19.9. The van der Waals surface area contributed by atoms with E-state index in [9.17, 15) is 27.9 Å². The van der Waals surface area contributed by atoms with Gasteiger partial charge >= 0.3 is 16.4 Å². The normalized spacial score (nSPS) is 17.0. The molecule has 0 bridgehead atoms. The number of carbonyl (C=O) groups excluding carboxylic acids is 2. The van der Waals surface area contributed by atoms with E-state index in [0.717, 1.165) is 42.0 Å². The fourth-order valence-corrected chi connectivity index (χ4v) is 5.63. The molecular formula is C27H34N7O10S2+. The molecule has 19 heteroatoms. The van der Waals surface area contributed by atoms with Gasteiger partial charge in [0.1, 0.15) is 19.3 Å². The van der Waals surface area contributed by atoms with E-state index in [0.29, 0.717) is 10.8 Å². The average Bonchev–Trinajstić information content (AvgIpc) is 3.63. The lowest BCUT2D eigenvalue weighted by molar-refractivity contribution is -0.660. The summed E-state index contributed by atoms with van der Waals surface area (Å²) in [7, 11) is -3.18. The van der Waals surface area contributed by atoms with Gasteiger partial charge in [-0.15, -0.1) is 15.6 Å². The fourth-order valence-electron chi connectivity index (χ4n) is 4.63. The summed E-state index contributed by atoms with van der Waals surface area (Å²) >= 11 is 0.989. The van der Waals surface area contributed by atoms with Crippen LogP contribution in [0.5, 0.6) is 5.75 Å². The summed E-state index contributed by atoms with van der Waals surface area (Å²) < 4.78 is 44.9. The van der Waals surface area contributed by atoms with Gasteiger partial charge in [-0.2, -0.15) is 23.1 Å². The van der Waals surface area contributed by atoms with E-state index in [-0.39, 0.29) is 10.8 Å². The first kappa shape index (κ1) is 34.4. The Bertz CT molecular complexity index is 1750. The summed E-state index contributed by atoms with van der Waals surface area (Å²) in [6.45, 7) is 5.29. The lowest BCUT2D eigenvalue weighted by Gasteiger charge is -2.50. The number of nitrogens with two attached hydrogens (primary N) is 1. The number of oxime groups is 1. The molecule has 4 rings (SSSR count). The predicted molar refractivity (Wildman–Crippen MR) is 161 cm³/mol. The highest BCUT2D eigenvalue weighted by Crippen LogP contribution is 2.40. The highest BCUT2D eigenvalue weighted by atomic mass is 32.3. The number of aryl methyl sites for hydroxylation is 2. The van der Waals surface area contributed by atoms with Gasteiger partial charge in [-0.05, 0) is 26.3 Å². The van der Waals surface area contributed by atoms with Gasteiger partial charge in [-0.25, -0.2) is 9.78 Å². The molecule has 0 unspecified atom stereocenters. The van der Waals surface area contributed by atoms with Gasteiger partial charge in [-0.1, -0.05) is 18.5 Å². The van der Waals surface area contributed by atoms with Crippen molar-refractivity contribution in [2.75, 3.05) is 12.3 Å². The first-order chi connectivity index (χ1) is 21.6. The number of thiazole rings is 1. The molecular weight excluding hydrogens is 646 g/mol. The lowest BCUT2D eigenvalue weighted by Crippen LogP contribution is -2.68. The van der Waals surface area contributed by atoms with Crippen LogP contribution < -0.4 is 15.0 Å². The molecule has 0 spiro atoms. The number of unbranched alkanes of at least 4 members (excludes halogenated alkanes) is 1. The summed E-state index contributed by atoms with van der Waals surface area (Å²) in [5.41, 5.74) is 5.73. The number of carboxylic acids is 1. The van der Waals surface area contributed by atoms with Crippen molar-refractivity contribution in [2.24, 2.45) is 18.1 Å². The molecule has 0 radical (unpaired) electrons. The number of anilines is 1. The molecule has 1 fully saturated rings. The molecule has 46 heavy (non-hydrogen) atoms. The number of aliphatic carboxylic acids is 1. The number of aromatic nitrogens is 4. The lowest BCUT2D eigenvalue weighted by atomic mass is 9.74. The number of amides is 1. The van der Waals surface area contributed by atoms with Gasteiger partial charge in [0.2, 0.25) is 11.9 Å². The number of β-lactam (4-membered cyclic amide) rings is 1. The second-order valence-corrected chi connectivity index (χ2v) is 12.8. The molecule has 3 aromatic heterocycles. The third kappa shape index (κ3) is 8.03. The van der Waals surface area contributed by atoms with Crippen molar-refractivity contribution in [3.63, 3.8) is 0 Å². The smallest absolute Gasteiger partial charge is 0.418 e. The van der Waals surface area contributed by atoms with Crippen LogP contribution >= 0.6 is 11.3 Å². The van der Waals surface area contributed by atoms with E-state index in [1.54, 1.807) is 36.1 Å². The quantitative estimate of drug-likeness (QED) is 0.0639. The van der Waals surface area contributed by atoms with Crippen LogP contribution in [0, 0.1) is 5.92 Å². The minimum Gasteiger partial charge on any atom is -0.483 e. The number of carbonyl (C=O) groups is 3. The van der Waals surface area contributed by atoms with Crippen LogP contribution in [-0.4, -0.2) is 79.5 Å². The Labute approximate surface area is 268 Å². The maximum absolute atomic E-state index is 13.3. The predicted octanol–water partition coefficient (Wildman–Crippen LogP) is 1.40. The van der Waals surface area contributed by atoms with Crippen LogP contribution in [0.1, 0.15) is 45.7 Å². The molecule has 0 aromatic carbocycles. The standard InChI is InChI=1S/C27H33N7O10S2/c1-5-6-9-33-12-16(11-29-33)20-8-7-17(13-32(20)4)42-14-22(25(37)38)43-31-23(19-15-45-26(28)30-19)21(35)10-18-24(36)34(27(18,2)3)44-46(39,40)41/h7-8,11-13,15,18,22H,5-6,9-10,14H2,1-4H3,(H3-,28,30,37,38,39,40,41)/p+1/b31-23-/t18-,22+/m1/s1. The van der Waals surface area contributed by atoms with Crippen LogP contribution in [0.3, 0.4) is 0 Å². The number of ether oxygens (including phenoxy) is 1. The van der Waals surface area contributed by atoms with Gasteiger partial charge in [0, 0.05) is 30.6 Å². The van der Waals surface area contributed by atoms with Gasteiger partial charge in [0.05, 0.1) is 23.2 Å². The molecule has 4 heterocycles. The van der Waals surface area contributed by atoms with Crippen molar-refractivity contribution in [1.82, 2.24) is 19.8 Å². The summed E-state index contributed by atoms with van der Waals surface area (Å²) in [6, 6.07) is 3.47. The molecule has 3 aromatic rings. The number of carboxylic acid groups (broad SMARTS) is 1. The van der Waals surface area contributed by atoms with E-state index in [2.05, 4.69) is 26.4 Å². The summed E-state index contributed by atoms with van der Waals surface area (Å²) in [4.78, 5) is 47.2. The molecule has 17 nitrogen and oxygen atoms in total. The zero-order valence-corrected chi connectivity index (χ0v) is 27.0. The number of ketones is 1. The molecule has 1 aliphatic rings. The van der Waals surface area contributed by atoms with Crippen molar-refractivity contribution >= 4 is 50.2 Å². The molecule has 1 aliphatic heterocycles. The molecule has 4 N–H and O–H groups in total. The van der Waals surface area contributed by atoms with Gasteiger partial charge in [0.15, 0.2) is 22.4 Å². The van der Waals surface area contributed by atoms with Crippen molar-refractivity contribution in [1.29, 1.82) is 0 Å². The zero-order valence-electron chi connectivity index (χ0n) is 25.4. The first-order valence-electron chi connectivity index (χ1n) is 14.0. The highest BCUT2D eigenvalue weighted by molar-refractivity contribution is 7.80. The SMILES string of the molecule is CCCCn1cc(-c2ccc(OC[C@H](O/N=C(\C(=O)C[C@@H]3C(=O)N(OS(=O)(=O)O)C3(C)C)c3csc(N)n3)C(=O)O)c[n+]2C)cn1. The Balaban J connectivity index is 1.46. The van der Waals surface area contributed by atoms with Crippen LogP contribution in [-0.2, 0) is 47.5 Å². The minimum absolute atomic E-state index is 0.0196. The van der Waals surface area contributed by atoms with Crippen LogP contribution in [0.4, 0.5) is 5.13 Å². The fraction of sp³-hybridized carbons (Fsp3) is 0.444. The first-order valence-corrected chi connectivity index (χ1v) is 16.2. The number of nitrogen functional groups attached to an aromatic ring is 1. The second-order valence-electron chi connectivity index (χ2n) is 10.9. The van der Waals surface area contributed by atoms with Crippen molar-refractivity contribution in [2.45, 2.75) is 58.2 Å². The Morgan fingerprint density at radius 3 is 2.63 bits per heavy atom. The Morgan fingerprint density at radius 1 is 1.30 bits per heavy atom. The van der Waals surface area contributed by atoms with Crippen molar-refractivity contribution in [3.05, 3.63) is 41.8 Å². The van der Waals surface area contributed by atoms with Crippen molar-refractivity contribution in [3.8, 4) is 17.0 Å². The maximum atomic E-state index is 13.3. The van der Waals surface area contributed by atoms with Gasteiger partial charge in [0.25, 0.3) is 12.0 Å². The Hall–Kier alpha value is -4.46. The summed E-state index contributed by atoms with van der Waals surface area (Å²) in [6.07, 6.45) is 5.29.